The molecule has 19 heavy (non-hydrogen) atoms. The van der Waals surface area contributed by atoms with Crippen LogP contribution in [0.3, 0.4) is 0 Å². The molecule has 0 bridgehead atoms. The maximum atomic E-state index is 14.1. The summed E-state index contributed by atoms with van der Waals surface area (Å²) in [6.07, 6.45) is 2.27. The number of furan rings is 1. The van der Waals surface area contributed by atoms with Gasteiger partial charge in [0.2, 0.25) is 0 Å². The molecule has 2 aromatic rings. The zero-order valence-electron chi connectivity index (χ0n) is 11.1. The van der Waals surface area contributed by atoms with Crippen molar-refractivity contribution in [3.63, 3.8) is 0 Å². The van der Waals surface area contributed by atoms with Crippen LogP contribution >= 0.6 is 15.9 Å². The van der Waals surface area contributed by atoms with Gasteiger partial charge in [0, 0.05) is 11.6 Å². The van der Waals surface area contributed by atoms with Gasteiger partial charge in [0.05, 0.1) is 16.4 Å². The molecule has 0 radical (unpaired) electrons. The minimum atomic E-state index is -0.181. The fraction of sp³-hybridized carbons (Fsp3) is 0.467. The molecule has 1 aromatic heterocycles. The van der Waals surface area contributed by atoms with Gasteiger partial charge in [-0.15, -0.1) is 0 Å². The van der Waals surface area contributed by atoms with Crippen molar-refractivity contribution in [2.24, 2.45) is 0 Å². The molecule has 0 amide bonds. The van der Waals surface area contributed by atoms with Gasteiger partial charge in [-0.1, -0.05) is 13.8 Å². The monoisotopic (exact) mass is 325 g/mol. The van der Waals surface area contributed by atoms with Crippen molar-refractivity contribution in [3.8, 4) is 0 Å². The van der Waals surface area contributed by atoms with Crippen LogP contribution < -0.4 is 5.32 Å². The Bertz CT molecular complexity index is 616. The summed E-state index contributed by atoms with van der Waals surface area (Å²) < 4.78 is 20.9. The molecule has 0 saturated heterocycles. The van der Waals surface area contributed by atoms with Crippen LogP contribution in [-0.4, -0.2) is 6.04 Å². The second-order valence-electron chi connectivity index (χ2n) is 5.48. The first-order valence-electron chi connectivity index (χ1n) is 6.70. The van der Waals surface area contributed by atoms with Gasteiger partial charge < -0.3 is 9.73 Å². The van der Waals surface area contributed by atoms with Gasteiger partial charge >= 0.3 is 0 Å². The zero-order valence-corrected chi connectivity index (χ0v) is 12.7. The maximum absolute atomic E-state index is 14.1. The molecule has 102 valence electrons. The maximum Gasteiger partial charge on any atom is 0.151 e. The van der Waals surface area contributed by atoms with Crippen molar-refractivity contribution in [2.45, 2.75) is 45.2 Å². The molecule has 0 spiro atoms. The number of hydrogen-bond donors (Lipinski definition) is 1. The third kappa shape index (κ3) is 2.43. The molecule has 1 aromatic carbocycles. The normalized spacial score (nSPS) is 15.6. The predicted octanol–water partition coefficient (Wildman–Crippen LogP) is 4.71. The van der Waals surface area contributed by atoms with Crippen molar-refractivity contribution in [3.05, 3.63) is 33.7 Å². The summed E-state index contributed by atoms with van der Waals surface area (Å²) in [5.41, 5.74) is 1.71. The highest BCUT2D eigenvalue weighted by Crippen LogP contribution is 2.47. The Morgan fingerprint density at radius 3 is 2.79 bits per heavy atom. The first-order valence-corrected chi connectivity index (χ1v) is 7.50. The summed E-state index contributed by atoms with van der Waals surface area (Å²) >= 11 is 3.45. The average molecular weight is 326 g/mol. The molecule has 1 heterocycles. The van der Waals surface area contributed by atoms with Crippen LogP contribution in [0.5, 0.6) is 0 Å². The summed E-state index contributed by atoms with van der Waals surface area (Å²) in [4.78, 5) is 0. The van der Waals surface area contributed by atoms with E-state index in [1.165, 1.54) is 6.07 Å². The molecular weight excluding hydrogens is 309 g/mol. The van der Waals surface area contributed by atoms with Crippen molar-refractivity contribution in [1.82, 2.24) is 5.32 Å². The van der Waals surface area contributed by atoms with Crippen molar-refractivity contribution in [2.75, 3.05) is 0 Å². The molecule has 0 unspecified atom stereocenters. The number of fused-ring (bicyclic) bond motifs is 1. The van der Waals surface area contributed by atoms with Gasteiger partial charge in [-0.3, -0.25) is 0 Å². The molecule has 4 heteroatoms. The highest BCUT2D eigenvalue weighted by atomic mass is 79.9. The van der Waals surface area contributed by atoms with Crippen LogP contribution in [0, 0.1) is 5.82 Å². The lowest BCUT2D eigenvalue weighted by Crippen LogP contribution is -2.22. The quantitative estimate of drug-likeness (QED) is 0.880. The van der Waals surface area contributed by atoms with E-state index >= 15 is 0 Å². The lowest BCUT2D eigenvalue weighted by atomic mass is 10.1. The van der Waals surface area contributed by atoms with Crippen molar-refractivity contribution < 1.29 is 8.81 Å². The topological polar surface area (TPSA) is 25.2 Å². The van der Waals surface area contributed by atoms with Crippen LogP contribution in [0.4, 0.5) is 4.39 Å². The minimum Gasteiger partial charge on any atom is -0.458 e. The number of nitrogens with one attached hydrogen (secondary N) is 1. The summed E-state index contributed by atoms with van der Waals surface area (Å²) in [5.74, 6) is 1.17. The molecule has 1 N–H and O–H groups in total. The third-order valence-corrected chi connectivity index (χ3v) is 4.13. The Morgan fingerprint density at radius 1 is 1.42 bits per heavy atom. The number of rotatable bonds is 4. The Kier molecular flexibility index (Phi) is 3.39. The zero-order chi connectivity index (χ0) is 13.6. The van der Waals surface area contributed by atoms with Crippen LogP contribution in [0.25, 0.3) is 11.0 Å². The van der Waals surface area contributed by atoms with Crippen LogP contribution in [0.1, 0.15) is 43.9 Å². The van der Waals surface area contributed by atoms with Crippen LogP contribution in [0.2, 0.25) is 0 Å². The predicted molar refractivity (Wildman–Crippen MR) is 77.8 cm³/mol. The standard InChI is InChI=1S/C15H17BrFNO/c1-8(2)18-7-12-13(9-3-4-9)14-11(17)6-5-10(16)15(14)19-12/h5-6,8-9,18H,3-4,7H2,1-2H3. The van der Waals surface area contributed by atoms with Gasteiger partial charge in [-0.2, -0.15) is 0 Å². The van der Waals surface area contributed by atoms with E-state index in [-0.39, 0.29) is 5.82 Å². The van der Waals surface area contributed by atoms with Gasteiger partial charge in [-0.05, 0) is 46.8 Å². The highest BCUT2D eigenvalue weighted by Gasteiger charge is 2.32. The summed E-state index contributed by atoms with van der Waals surface area (Å²) in [6, 6.07) is 3.60. The molecule has 1 aliphatic carbocycles. The summed E-state index contributed by atoms with van der Waals surface area (Å²) in [6.45, 7) is 4.84. The van der Waals surface area contributed by atoms with E-state index < -0.39 is 0 Å². The molecule has 0 aliphatic heterocycles. The number of halogens is 2. The third-order valence-electron chi connectivity index (χ3n) is 3.51. The second-order valence-corrected chi connectivity index (χ2v) is 6.34. The molecule has 2 nitrogen and oxygen atoms in total. The lowest BCUT2D eigenvalue weighted by molar-refractivity contribution is 0.482. The van der Waals surface area contributed by atoms with E-state index in [2.05, 4.69) is 35.1 Å². The highest BCUT2D eigenvalue weighted by molar-refractivity contribution is 9.10. The largest absolute Gasteiger partial charge is 0.458 e. The van der Waals surface area contributed by atoms with Gasteiger partial charge in [0.15, 0.2) is 5.58 Å². The smallest absolute Gasteiger partial charge is 0.151 e. The van der Waals surface area contributed by atoms with E-state index in [4.69, 9.17) is 4.42 Å². The molecule has 1 saturated carbocycles. The fourth-order valence-electron chi connectivity index (χ4n) is 2.43. The Labute approximate surface area is 120 Å². The Morgan fingerprint density at radius 2 is 2.16 bits per heavy atom. The SMILES string of the molecule is CC(C)NCc1oc2c(Br)ccc(F)c2c1C1CC1. The summed E-state index contributed by atoms with van der Waals surface area (Å²) in [5, 5.41) is 4.02. The van der Waals surface area contributed by atoms with E-state index in [0.717, 1.165) is 28.6 Å². The van der Waals surface area contributed by atoms with E-state index in [0.29, 0.717) is 29.5 Å². The van der Waals surface area contributed by atoms with Crippen molar-refractivity contribution >= 4 is 26.9 Å². The second kappa shape index (κ2) is 4.91. The van der Waals surface area contributed by atoms with Crippen molar-refractivity contribution in [1.29, 1.82) is 0 Å². The fourth-order valence-corrected chi connectivity index (χ4v) is 2.84. The molecular formula is C15H17BrFNO. The van der Waals surface area contributed by atoms with Gasteiger partial charge in [-0.25, -0.2) is 4.39 Å². The van der Waals surface area contributed by atoms with Crippen LogP contribution in [0.15, 0.2) is 21.0 Å². The van der Waals surface area contributed by atoms with Crippen LogP contribution in [-0.2, 0) is 6.54 Å². The van der Waals surface area contributed by atoms with Gasteiger partial charge in [0.1, 0.15) is 11.6 Å². The van der Waals surface area contributed by atoms with E-state index in [1.54, 1.807) is 6.07 Å². The lowest BCUT2D eigenvalue weighted by Gasteiger charge is -2.07. The molecule has 1 aliphatic rings. The minimum absolute atomic E-state index is 0.181. The molecule has 1 fully saturated rings. The molecule has 0 atom stereocenters. The first kappa shape index (κ1) is 13.1. The Balaban J connectivity index is 2.13. The van der Waals surface area contributed by atoms with E-state index in [9.17, 15) is 4.39 Å². The Hall–Kier alpha value is -0.870. The van der Waals surface area contributed by atoms with E-state index in [1.807, 2.05) is 0 Å². The number of benzene rings is 1. The molecule has 3 rings (SSSR count). The average Bonchev–Trinajstić information content (AvgIpc) is 3.12. The van der Waals surface area contributed by atoms with Gasteiger partial charge in [0.25, 0.3) is 0 Å². The summed E-state index contributed by atoms with van der Waals surface area (Å²) in [7, 11) is 0. The number of hydrogen-bond acceptors (Lipinski definition) is 2. The first-order chi connectivity index (χ1) is 9.08.